The van der Waals surface area contributed by atoms with Crippen molar-refractivity contribution in [1.82, 2.24) is 5.32 Å². The Bertz CT molecular complexity index is 138. The van der Waals surface area contributed by atoms with Crippen molar-refractivity contribution in [1.29, 1.82) is 0 Å². The maximum atomic E-state index is 11.1. The van der Waals surface area contributed by atoms with Gasteiger partial charge >= 0.3 is 0 Å². The first kappa shape index (κ1) is 8.49. The fourth-order valence-electron chi connectivity index (χ4n) is 0.974. The fraction of sp³-hybridized carbons (Fsp3) is 0.857. The van der Waals surface area contributed by atoms with Crippen LogP contribution < -0.4 is 5.32 Å². The van der Waals surface area contributed by atoms with Crippen LogP contribution in [-0.4, -0.2) is 38.9 Å². The molecule has 1 rings (SSSR count). The molecule has 64 valence electrons. The van der Waals surface area contributed by atoms with E-state index in [2.05, 4.69) is 5.32 Å². The molecule has 0 aromatic heterocycles. The van der Waals surface area contributed by atoms with E-state index >= 15 is 0 Å². The van der Waals surface area contributed by atoms with Crippen LogP contribution in [0.4, 0.5) is 0 Å². The van der Waals surface area contributed by atoms with Gasteiger partial charge in [-0.2, -0.15) is 0 Å². The van der Waals surface area contributed by atoms with Crippen molar-refractivity contribution in [2.45, 2.75) is 12.5 Å². The highest BCUT2D eigenvalue weighted by Gasteiger charge is 2.20. The Morgan fingerprint density at radius 3 is 3.36 bits per heavy atom. The first-order valence-corrected chi connectivity index (χ1v) is 3.73. The molecule has 1 atom stereocenters. The van der Waals surface area contributed by atoms with Gasteiger partial charge in [0.15, 0.2) is 6.10 Å². The van der Waals surface area contributed by atoms with Gasteiger partial charge in [-0.3, -0.25) is 4.79 Å². The number of nitrogens with one attached hydrogen (secondary N) is 1. The number of methoxy groups -OCH3 is 1. The quantitative estimate of drug-likeness (QED) is 0.593. The van der Waals surface area contributed by atoms with Crippen molar-refractivity contribution in [3.05, 3.63) is 0 Å². The molecule has 1 aliphatic heterocycles. The lowest BCUT2D eigenvalue weighted by Crippen LogP contribution is -2.36. The van der Waals surface area contributed by atoms with Crippen LogP contribution in [0.3, 0.4) is 0 Å². The van der Waals surface area contributed by atoms with E-state index in [1.165, 1.54) is 0 Å². The molecule has 0 aromatic carbocycles. The average Bonchev–Trinajstić information content (AvgIpc) is 2.18. The molecule has 1 fully saturated rings. The molecule has 0 saturated carbocycles. The van der Waals surface area contributed by atoms with E-state index in [1.807, 2.05) is 0 Å². The zero-order valence-corrected chi connectivity index (χ0v) is 6.63. The first-order chi connectivity index (χ1) is 5.34. The summed E-state index contributed by atoms with van der Waals surface area (Å²) in [5.41, 5.74) is 0. The highest BCUT2D eigenvalue weighted by Crippen LogP contribution is 1.98. The van der Waals surface area contributed by atoms with E-state index in [-0.39, 0.29) is 5.91 Å². The van der Waals surface area contributed by atoms with Gasteiger partial charge in [-0.05, 0) is 6.42 Å². The Labute approximate surface area is 65.9 Å². The predicted octanol–water partition coefficient (Wildman–Crippen LogP) is -0.462. The van der Waals surface area contributed by atoms with Gasteiger partial charge in [0.25, 0.3) is 5.91 Å². The molecule has 0 spiro atoms. The standard InChI is InChI=1S/C7H13NO3/c1-10-5-6-7(9)8-3-2-4-11-6/h6H,2-5H2,1H3,(H,8,9). The monoisotopic (exact) mass is 159 g/mol. The van der Waals surface area contributed by atoms with Crippen LogP contribution in [0.2, 0.25) is 0 Å². The lowest BCUT2D eigenvalue weighted by molar-refractivity contribution is -0.134. The summed E-state index contributed by atoms with van der Waals surface area (Å²) in [4.78, 5) is 11.1. The van der Waals surface area contributed by atoms with Crippen LogP contribution in [0.1, 0.15) is 6.42 Å². The second-order valence-corrected chi connectivity index (χ2v) is 2.46. The predicted molar refractivity (Wildman–Crippen MR) is 39.2 cm³/mol. The topological polar surface area (TPSA) is 47.6 Å². The third-order valence-corrected chi connectivity index (χ3v) is 1.55. The third-order valence-electron chi connectivity index (χ3n) is 1.55. The first-order valence-electron chi connectivity index (χ1n) is 3.73. The Morgan fingerprint density at radius 1 is 1.82 bits per heavy atom. The van der Waals surface area contributed by atoms with Gasteiger partial charge in [-0.25, -0.2) is 0 Å². The molecule has 4 nitrogen and oxygen atoms in total. The number of amides is 1. The fourth-order valence-corrected chi connectivity index (χ4v) is 0.974. The summed E-state index contributed by atoms with van der Waals surface area (Å²) in [7, 11) is 1.56. The lowest BCUT2D eigenvalue weighted by Gasteiger charge is -2.11. The number of hydrogen-bond acceptors (Lipinski definition) is 3. The van der Waals surface area contributed by atoms with Crippen LogP contribution in [0, 0.1) is 0 Å². The average molecular weight is 159 g/mol. The lowest BCUT2D eigenvalue weighted by atomic mass is 10.3. The summed E-state index contributed by atoms with van der Waals surface area (Å²) < 4.78 is 10.0. The number of ether oxygens (including phenoxy) is 2. The molecule has 11 heavy (non-hydrogen) atoms. The minimum atomic E-state index is -0.414. The zero-order chi connectivity index (χ0) is 8.10. The van der Waals surface area contributed by atoms with Gasteiger partial charge in [0.1, 0.15) is 0 Å². The molecule has 1 aliphatic rings. The van der Waals surface area contributed by atoms with Crippen LogP contribution in [0.25, 0.3) is 0 Å². The van der Waals surface area contributed by atoms with Gasteiger partial charge in [0.05, 0.1) is 6.61 Å². The molecule has 0 aliphatic carbocycles. The normalized spacial score (nSPS) is 25.9. The number of hydrogen-bond donors (Lipinski definition) is 1. The molecule has 4 heteroatoms. The Balaban J connectivity index is 2.39. The van der Waals surface area contributed by atoms with Crippen molar-refractivity contribution in [3.8, 4) is 0 Å². The van der Waals surface area contributed by atoms with Gasteiger partial charge in [-0.1, -0.05) is 0 Å². The Hall–Kier alpha value is -0.610. The van der Waals surface area contributed by atoms with Crippen LogP contribution in [0.15, 0.2) is 0 Å². The number of carbonyl (C=O) groups excluding carboxylic acids is 1. The smallest absolute Gasteiger partial charge is 0.251 e. The van der Waals surface area contributed by atoms with Crippen LogP contribution >= 0.6 is 0 Å². The molecular weight excluding hydrogens is 146 g/mol. The molecule has 1 N–H and O–H groups in total. The van der Waals surface area contributed by atoms with E-state index < -0.39 is 6.10 Å². The van der Waals surface area contributed by atoms with Gasteiger partial charge in [0.2, 0.25) is 0 Å². The largest absolute Gasteiger partial charge is 0.381 e. The molecule has 1 saturated heterocycles. The Morgan fingerprint density at radius 2 is 2.64 bits per heavy atom. The maximum absolute atomic E-state index is 11.1. The third kappa shape index (κ3) is 2.48. The van der Waals surface area contributed by atoms with Crippen molar-refractivity contribution in [3.63, 3.8) is 0 Å². The van der Waals surface area contributed by atoms with E-state index in [9.17, 15) is 4.79 Å². The molecule has 1 amide bonds. The van der Waals surface area contributed by atoms with E-state index in [0.717, 1.165) is 6.42 Å². The maximum Gasteiger partial charge on any atom is 0.251 e. The van der Waals surface area contributed by atoms with Gasteiger partial charge in [-0.15, -0.1) is 0 Å². The highest BCUT2D eigenvalue weighted by atomic mass is 16.5. The van der Waals surface area contributed by atoms with Gasteiger partial charge in [0, 0.05) is 20.3 Å². The van der Waals surface area contributed by atoms with Crippen molar-refractivity contribution in [2.24, 2.45) is 0 Å². The molecule has 0 aromatic rings. The summed E-state index contributed by atoms with van der Waals surface area (Å²) in [5.74, 6) is -0.0654. The molecule has 0 bridgehead atoms. The molecule has 0 radical (unpaired) electrons. The minimum Gasteiger partial charge on any atom is -0.381 e. The van der Waals surface area contributed by atoms with E-state index in [0.29, 0.717) is 19.8 Å². The summed E-state index contributed by atoms with van der Waals surface area (Å²) in [5, 5.41) is 2.74. The molecule has 1 unspecified atom stereocenters. The summed E-state index contributed by atoms with van der Waals surface area (Å²) in [6, 6.07) is 0. The number of rotatable bonds is 2. The van der Waals surface area contributed by atoms with Gasteiger partial charge < -0.3 is 14.8 Å². The number of carbonyl (C=O) groups is 1. The van der Waals surface area contributed by atoms with E-state index in [4.69, 9.17) is 9.47 Å². The van der Waals surface area contributed by atoms with Crippen molar-refractivity contribution in [2.75, 3.05) is 26.9 Å². The zero-order valence-electron chi connectivity index (χ0n) is 6.63. The van der Waals surface area contributed by atoms with Crippen molar-refractivity contribution < 1.29 is 14.3 Å². The van der Waals surface area contributed by atoms with Crippen molar-refractivity contribution >= 4 is 5.91 Å². The van der Waals surface area contributed by atoms with Crippen LogP contribution in [0.5, 0.6) is 0 Å². The van der Waals surface area contributed by atoms with Crippen LogP contribution in [-0.2, 0) is 14.3 Å². The highest BCUT2D eigenvalue weighted by molar-refractivity contribution is 5.81. The molecular formula is C7H13NO3. The summed E-state index contributed by atoms with van der Waals surface area (Å²) >= 11 is 0. The summed E-state index contributed by atoms with van der Waals surface area (Å²) in [6.45, 7) is 1.68. The summed E-state index contributed by atoms with van der Waals surface area (Å²) in [6.07, 6.45) is 0.467. The molecule has 1 heterocycles. The second kappa shape index (κ2) is 4.31. The van der Waals surface area contributed by atoms with E-state index in [1.54, 1.807) is 7.11 Å². The SMILES string of the molecule is COCC1OCCCNC1=O. The Kier molecular flexibility index (Phi) is 3.32. The minimum absolute atomic E-state index is 0.0654. The second-order valence-electron chi connectivity index (χ2n) is 2.46.